The van der Waals surface area contributed by atoms with Crippen LogP contribution in [0.4, 0.5) is 5.69 Å². The number of anilines is 1. The van der Waals surface area contributed by atoms with Gasteiger partial charge in [-0.15, -0.1) is 0 Å². The second-order valence-corrected chi connectivity index (χ2v) is 8.36. The van der Waals surface area contributed by atoms with Crippen molar-refractivity contribution < 1.29 is 24.6 Å². The van der Waals surface area contributed by atoms with Gasteiger partial charge >= 0.3 is 11.9 Å². The van der Waals surface area contributed by atoms with Gasteiger partial charge in [0.2, 0.25) is 0 Å². The Morgan fingerprint density at radius 3 is 2.36 bits per heavy atom. The minimum absolute atomic E-state index is 0.155. The first kappa shape index (κ1) is 20.2. The molecule has 2 N–H and O–H groups in total. The van der Waals surface area contributed by atoms with Crippen LogP contribution in [0.3, 0.4) is 0 Å². The van der Waals surface area contributed by atoms with Crippen LogP contribution in [-0.4, -0.2) is 50.4 Å². The van der Waals surface area contributed by atoms with Crippen molar-refractivity contribution in [2.45, 2.75) is 4.90 Å². The highest BCUT2D eigenvalue weighted by molar-refractivity contribution is 8.26. The molecule has 3 rings (SSSR count). The van der Waals surface area contributed by atoms with E-state index in [0.29, 0.717) is 4.91 Å². The fourth-order valence-corrected chi connectivity index (χ4v) is 4.82. The molecular formula is C18H14N2O5S3. The van der Waals surface area contributed by atoms with Crippen molar-refractivity contribution in [2.75, 3.05) is 18.0 Å². The van der Waals surface area contributed by atoms with E-state index >= 15 is 0 Å². The zero-order valence-electron chi connectivity index (χ0n) is 14.3. The summed E-state index contributed by atoms with van der Waals surface area (Å²) in [6, 6.07) is 7.53. The van der Waals surface area contributed by atoms with Crippen molar-refractivity contribution in [2.24, 2.45) is 0 Å². The number of hydrogen-bond donors (Lipinski definition) is 2. The van der Waals surface area contributed by atoms with Crippen molar-refractivity contribution in [3.63, 3.8) is 0 Å². The van der Waals surface area contributed by atoms with Crippen LogP contribution in [0.2, 0.25) is 0 Å². The molecule has 0 radical (unpaired) electrons. The average Bonchev–Trinajstić information content (AvgIpc) is 3.10. The number of carbonyl (C=O) groups is 3. The average molecular weight is 435 g/mol. The third-order valence-corrected chi connectivity index (χ3v) is 6.22. The van der Waals surface area contributed by atoms with Gasteiger partial charge in [-0.25, -0.2) is 0 Å². The molecule has 0 spiro atoms. The molecule has 2 aliphatic rings. The normalized spacial score (nSPS) is 19.3. The van der Waals surface area contributed by atoms with Gasteiger partial charge in [0.1, 0.15) is 17.4 Å². The number of amides is 1. The van der Waals surface area contributed by atoms with Crippen molar-refractivity contribution in [3.8, 4) is 0 Å². The Labute approximate surface area is 174 Å². The number of benzene rings is 1. The SMILES string of the molecule is O=C(O)CN1C(=O)C(=CC=CC=C2Sc3ccccc3N2CC(=O)O)SC1=S. The van der Waals surface area contributed by atoms with E-state index in [1.54, 1.807) is 29.2 Å². The number of hydrogen-bond acceptors (Lipinski definition) is 7. The number of allylic oxidation sites excluding steroid dienone is 4. The molecule has 1 fully saturated rings. The summed E-state index contributed by atoms with van der Waals surface area (Å²) in [6.45, 7) is -0.619. The maximum Gasteiger partial charge on any atom is 0.323 e. The van der Waals surface area contributed by atoms with E-state index in [2.05, 4.69) is 0 Å². The molecule has 0 unspecified atom stereocenters. The summed E-state index contributed by atoms with van der Waals surface area (Å²) < 4.78 is 0.208. The Kier molecular flexibility index (Phi) is 6.22. The van der Waals surface area contributed by atoms with Crippen molar-refractivity contribution in [1.29, 1.82) is 0 Å². The summed E-state index contributed by atoms with van der Waals surface area (Å²) >= 11 is 7.55. The number of carboxylic acid groups (broad SMARTS) is 2. The molecule has 1 saturated heterocycles. The maximum atomic E-state index is 12.2. The molecular weight excluding hydrogens is 420 g/mol. The maximum absolute atomic E-state index is 12.2. The number of rotatable bonds is 6. The van der Waals surface area contributed by atoms with E-state index in [1.165, 1.54) is 11.8 Å². The summed E-state index contributed by atoms with van der Waals surface area (Å²) in [5.74, 6) is -2.51. The molecule has 1 aromatic rings. The molecule has 2 aliphatic heterocycles. The molecule has 144 valence electrons. The Morgan fingerprint density at radius 1 is 1.00 bits per heavy atom. The van der Waals surface area contributed by atoms with E-state index in [0.717, 1.165) is 32.3 Å². The number of fused-ring (bicyclic) bond motifs is 1. The van der Waals surface area contributed by atoms with Crippen LogP contribution in [0.1, 0.15) is 0 Å². The van der Waals surface area contributed by atoms with Gasteiger partial charge < -0.3 is 15.1 Å². The van der Waals surface area contributed by atoms with E-state index in [-0.39, 0.29) is 10.9 Å². The first-order valence-electron chi connectivity index (χ1n) is 7.97. The number of aliphatic carboxylic acids is 2. The van der Waals surface area contributed by atoms with Crippen LogP contribution in [-0.2, 0) is 14.4 Å². The second kappa shape index (κ2) is 8.63. The van der Waals surface area contributed by atoms with Crippen LogP contribution in [0.15, 0.2) is 63.4 Å². The predicted molar refractivity (Wildman–Crippen MR) is 112 cm³/mol. The summed E-state index contributed by atoms with van der Waals surface area (Å²) in [5.41, 5.74) is 0.837. The third kappa shape index (κ3) is 4.46. The van der Waals surface area contributed by atoms with E-state index in [1.807, 2.05) is 24.3 Å². The molecule has 1 amide bonds. The molecule has 2 heterocycles. The molecule has 0 saturated carbocycles. The number of carbonyl (C=O) groups excluding carboxylic acids is 1. The highest BCUT2D eigenvalue weighted by atomic mass is 32.2. The molecule has 0 aliphatic carbocycles. The fourth-order valence-electron chi connectivity index (χ4n) is 2.54. The number of thiocarbonyl (C=S) groups is 1. The first-order valence-corrected chi connectivity index (χ1v) is 10.0. The summed E-state index contributed by atoms with van der Waals surface area (Å²) in [7, 11) is 0. The topological polar surface area (TPSA) is 98.2 Å². The van der Waals surface area contributed by atoms with Crippen LogP contribution in [0, 0.1) is 0 Å². The number of thioether (sulfide) groups is 2. The van der Waals surface area contributed by atoms with Gasteiger partial charge in [0.15, 0.2) is 0 Å². The van der Waals surface area contributed by atoms with Crippen LogP contribution in [0.25, 0.3) is 0 Å². The Hall–Kier alpha value is -2.56. The minimum Gasteiger partial charge on any atom is -0.480 e. The van der Waals surface area contributed by atoms with E-state index in [4.69, 9.17) is 22.4 Å². The van der Waals surface area contributed by atoms with E-state index < -0.39 is 24.4 Å². The van der Waals surface area contributed by atoms with Crippen molar-refractivity contribution >= 4 is 63.6 Å². The number of carboxylic acids is 2. The summed E-state index contributed by atoms with van der Waals surface area (Å²) in [6.07, 6.45) is 6.67. The van der Waals surface area contributed by atoms with Gasteiger partial charge in [-0.1, -0.05) is 60.0 Å². The first-order chi connectivity index (χ1) is 13.4. The van der Waals surface area contributed by atoms with Crippen LogP contribution >= 0.6 is 35.7 Å². The largest absolute Gasteiger partial charge is 0.480 e. The molecule has 28 heavy (non-hydrogen) atoms. The fraction of sp³-hybridized carbons (Fsp3) is 0.111. The minimum atomic E-state index is -1.13. The number of para-hydroxylation sites is 1. The molecule has 1 aromatic carbocycles. The summed E-state index contributed by atoms with van der Waals surface area (Å²) in [5, 5.41) is 18.8. The monoisotopic (exact) mass is 434 g/mol. The molecule has 0 aromatic heterocycles. The van der Waals surface area contributed by atoms with Crippen LogP contribution < -0.4 is 4.90 Å². The lowest BCUT2D eigenvalue weighted by molar-refractivity contribution is -0.140. The highest BCUT2D eigenvalue weighted by Crippen LogP contribution is 2.45. The van der Waals surface area contributed by atoms with Gasteiger partial charge in [-0.3, -0.25) is 19.3 Å². The number of nitrogens with zero attached hydrogens (tertiary/aromatic N) is 2. The van der Waals surface area contributed by atoms with E-state index in [9.17, 15) is 14.4 Å². The lowest BCUT2D eigenvalue weighted by atomic mass is 10.3. The highest BCUT2D eigenvalue weighted by Gasteiger charge is 2.33. The zero-order valence-corrected chi connectivity index (χ0v) is 16.7. The summed E-state index contributed by atoms with van der Waals surface area (Å²) in [4.78, 5) is 38.2. The van der Waals surface area contributed by atoms with Crippen LogP contribution in [0.5, 0.6) is 0 Å². The Bertz CT molecular complexity index is 954. The van der Waals surface area contributed by atoms with Gasteiger partial charge in [0, 0.05) is 4.90 Å². The predicted octanol–water partition coefficient (Wildman–Crippen LogP) is 2.91. The van der Waals surface area contributed by atoms with Crippen molar-refractivity contribution in [3.05, 3.63) is 58.5 Å². The Balaban J connectivity index is 1.74. The lowest BCUT2D eigenvalue weighted by Crippen LogP contribution is -2.33. The molecule has 10 heteroatoms. The molecule has 7 nitrogen and oxygen atoms in total. The van der Waals surface area contributed by atoms with Crippen molar-refractivity contribution in [1.82, 2.24) is 4.90 Å². The lowest BCUT2D eigenvalue weighted by Gasteiger charge is -2.17. The molecule has 0 atom stereocenters. The van der Waals surface area contributed by atoms with Gasteiger partial charge in [-0.05, 0) is 24.3 Å². The quantitative estimate of drug-likeness (QED) is 0.517. The Morgan fingerprint density at radius 2 is 1.64 bits per heavy atom. The van der Waals surface area contributed by atoms with Gasteiger partial charge in [0.25, 0.3) is 5.91 Å². The second-order valence-electron chi connectivity index (χ2n) is 5.62. The molecule has 0 bridgehead atoms. The standard InChI is InChI=1S/C18H14N2O5S3/c21-15(22)9-19-11-5-1-2-6-12(11)27-14(19)8-4-3-7-13-17(25)20(10-16(23)24)18(26)28-13/h1-8H,9-10H2,(H,21,22)(H,23,24). The van der Waals surface area contributed by atoms with Gasteiger partial charge in [-0.2, -0.15) is 0 Å². The smallest absolute Gasteiger partial charge is 0.323 e. The zero-order chi connectivity index (χ0) is 20.3. The third-order valence-electron chi connectivity index (χ3n) is 3.69. The van der Waals surface area contributed by atoms with Gasteiger partial charge in [0.05, 0.1) is 15.6 Å².